The number of Topliss-reactive ketones (excluding diaryl/α,β-unsaturated/α-hetero) is 1. The van der Waals surface area contributed by atoms with Gasteiger partial charge in [0.05, 0.1) is 5.54 Å². The number of rotatable bonds is 3. The topological polar surface area (TPSA) is 43.1 Å². The lowest BCUT2D eigenvalue weighted by atomic mass is 9.80. The lowest BCUT2D eigenvalue weighted by Crippen LogP contribution is -2.46. The summed E-state index contributed by atoms with van der Waals surface area (Å²) in [5, 5.41) is 0. The SMILES string of the molecule is NC1(C(=O)CC2CC3CCC2C3)CCCC1. The molecule has 2 nitrogen and oxygen atoms in total. The summed E-state index contributed by atoms with van der Waals surface area (Å²) >= 11 is 0. The Bertz CT molecular complexity index is 293. The fraction of sp³-hybridized carbons (Fsp3) is 0.929. The van der Waals surface area contributed by atoms with Crippen LogP contribution in [0.1, 0.15) is 57.8 Å². The van der Waals surface area contributed by atoms with E-state index in [-0.39, 0.29) is 0 Å². The van der Waals surface area contributed by atoms with Gasteiger partial charge >= 0.3 is 0 Å². The summed E-state index contributed by atoms with van der Waals surface area (Å²) in [5.41, 5.74) is 5.80. The molecule has 3 aliphatic carbocycles. The zero-order valence-corrected chi connectivity index (χ0v) is 10.1. The van der Waals surface area contributed by atoms with Crippen molar-refractivity contribution in [2.75, 3.05) is 0 Å². The van der Waals surface area contributed by atoms with Crippen LogP contribution in [0.3, 0.4) is 0 Å². The van der Waals surface area contributed by atoms with Crippen molar-refractivity contribution in [3.63, 3.8) is 0 Å². The molecule has 0 spiro atoms. The number of hydrogen-bond acceptors (Lipinski definition) is 2. The van der Waals surface area contributed by atoms with Gasteiger partial charge in [-0.1, -0.05) is 19.3 Å². The molecule has 3 fully saturated rings. The minimum atomic E-state index is -0.429. The fourth-order valence-electron chi connectivity index (χ4n) is 4.35. The van der Waals surface area contributed by atoms with Crippen molar-refractivity contribution in [3.8, 4) is 0 Å². The van der Waals surface area contributed by atoms with Gasteiger partial charge in [0.15, 0.2) is 5.78 Å². The standard InChI is InChI=1S/C14H23NO/c15-14(5-1-2-6-14)13(16)9-12-8-10-3-4-11(12)7-10/h10-12H,1-9,15H2. The van der Waals surface area contributed by atoms with Crippen LogP contribution in [-0.2, 0) is 4.79 Å². The minimum Gasteiger partial charge on any atom is -0.319 e. The van der Waals surface area contributed by atoms with Crippen LogP contribution in [0.4, 0.5) is 0 Å². The first-order valence-corrected chi connectivity index (χ1v) is 6.99. The van der Waals surface area contributed by atoms with Crippen molar-refractivity contribution in [2.24, 2.45) is 23.5 Å². The molecule has 0 aliphatic heterocycles. The highest BCUT2D eigenvalue weighted by molar-refractivity contribution is 5.88. The molecule has 0 amide bonds. The molecule has 0 aromatic carbocycles. The second-order valence-electron chi connectivity index (χ2n) is 6.43. The van der Waals surface area contributed by atoms with E-state index in [2.05, 4.69) is 0 Å². The Labute approximate surface area is 98.0 Å². The van der Waals surface area contributed by atoms with Crippen LogP contribution in [-0.4, -0.2) is 11.3 Å². The van der Waals surface area contributed by atoms with Crippen molar-refractivity contribution in [2.45, 2.75) is 63.3 Å². The monoisotopic (exact) mass is 221 g/mol. The molecule has 2 heteroatoms. The number of hydrogen-bond donors (Lipinski definition) is 1. The van der Waals surface area contributed by atoms with Gasteiger partial charge in [0, 0.05) is 6.42 Å². The second-order valence-corrected chi connectivity index (χ2v) is 6.43. The summed E-state index contributed by atoms with van der Waals surface area (Å²) in [6.45, 7) is 0. The predicted molar refractivity (Wildman–Crippen MR) is 63.9 cm³/mol. The summed E-state index contributed by atoms with van der Waals surface area (Å²) in [4.78, 5) is 12.3. The highest BCUT2D eigenvalue weighted by atomic mass is 16.1. The van der Waals surface area contributed by atoms with Crippen LogP contribution in [0.2, 0.25) is 0 Å². The van der Waals surface area contributed by atoms with Gasteiger partial charge in [-0.15, -0.1) is 0 Å². The fourth-order valence-corrected chi connectivity index (χ4v) is 4.35. The van der Waals surface area contributed by atoms with Crippen LogP contribution < -0.4 is 5.73 Å². The molecule has 3 saturated carbocycles. The van der Waals surface area contributed by atoms with Crippen molar-refractivity contribution < 1.29 is 4.79 Å². The van der Waals surface area contributed by atoms with Crippen LogP contribution in [0.5, 0.6) is 0 Å². The first kappa shape index (κ1) is 10.8. The third-order valence-corrected chi connectivity index (χ3v) is 5.38. The molecule has 3 unspecified atom stereocenters. The van der Waals surface area contributed by atoms with E-state index in [0.717, 1.165) is 43.9 Å². The summed E-state index contributed by atoms with van der Waals surface area (Å²) in [6, 6.07) is 0. The molecular weight excluding hydrogens is 198 g/mol. The Kier molecular flexibility index (Phi) is 2.58. The summed E-state index contributed by atoms with van der Waals surface area (Å²) in [6.07, 6.45) is 10.5. The molecule has 0 heterocycles. The van der Waals surface area contributed by atoms with Gasteiger partial charge in [0.2, 0.25) is 0 Å². The zero-order valence-electron chi connectivity index (χ0n) is 10.1. The molecule has 0 saturated heterocycles. The third-order valence-electron chi connectivity index (χ3n) is 5.38. The van der Waals surface area contributed by atoms with Crippen molar-refractivity contribution in [1.29, 1.82) is 0 Å². The molecule has 3 atom stereocenters. The maximum Gasteiger partial charge on any atom is 0.152 e. The van der Waals surface area contributed by atoms with Gasteiger partial charge in [-0.05, 0) is 49.9 Å². The average Bonchev–Trinajstić information content (AvgIpc) is 2.93. The van der Waals surface area contributed by atoms with E-state index < -0.39 is 5.54 Å². The molecule has 2 N–H and O–H groups in total. The lowest BCUT2D eigenvalue weighted by Gasteiger charge is -2.27. The van der Waals surface area contributed by atoms with Gasteiger partial charge < -0.3 is 5.73 Å². The molecule has 3 aliphatic rings. The third kappa shape index (κ3) is 1.71. The molecule has 90 valence electrons. The Morgan fingerprint density at radius 3 is 2.50 bits per heavy atom. The Morgan fingerprint density at radius 2 is 1.94 bits per heavy atom. The minimum absolute atomic E-state index is 0.377. The van der Waals surface area contributed by atoms with Gasteiger partial charge in [-0.2, -0.15) is 0 Å². The molecule has 0 radical (unpaired) electrons. The molecule has 3 rings (SSSR count). The van der Waals surface area contributed by atoms with Crippen LogP contribution in [0, 0.1) is 17.8 Å². The summed E-state index contributed by atoms with van der Waals surface area (Å²) in [5.74, 6) is 2.87. The lowest BCUT2D eigenvalue weighted by molar-refractivity contribution is -0.125. The molecule has 16 heavy (non-hydrogen) atoms. The Hall–Kier alpha value is -0.370. The first-order chi connectivity index (χ1) is 7.67. The molecular formula is C14H23NO. The largest absolute Gasteiger partial charge is 0.319 e. The predicted octanol–water partition coefficient (Wildman–Crippen LogP) is 2.65. The van der Waals surface area contributed by atoms with E-state index in [9.17, 15) is 4.79 Å². The van der Waals surface area contributed by atoms with Crippen molar-refractivity contribution in [3.05, 3.63) is 0 Å². The van der Waals surface area contributed by atoms with E-state index >= 15 is 0 Å². The van der Waals surface area contributed by atoms with E-state index in [0.29, 0.717) is 11.7 Å². The summed E-state index contributed by atoms with van der Waals surface area (Å²) < 4.78 is 0. The molecule has 2 bridgehead atoms. The number of carbonyl (C=O) groups is 1. The van der Waals surface area contributed by atoms with Gasteiger partial charge in [0.1, 0.15) is 0 Å². The molecule has 0 aromatic heterocycles. The first-order valence-electron chi connectivity index (χ1n) is 6.99. The molecule has 0 aromatic rings. The van der Waals surface area contributed by atoms with E-state index in [1.54, 1.807) is 0 Å². The maximum atomic E-state index is 12.3. The Morgan fingerprint density at radius 1 is 1.19 bits per heavy atom. The second kappa shape index (κ2) is 3.83. The smallest absolute Gasteiger partial charge is 0.152 e. The number of ketones is 1. The quantitative estimate of drug-likeness (QED) is 0.796. The van der Waals surface area contributed by atoms with Crippen molar-refractivity contribution >= 4 is 5.78 Å². The Balaban J connectivity index is 1.60. The van der Waals surface area contributed by atoms with Crippen LogP contribution in [0.25, 0.3) is 0 Å². The van der Waals surface area contributed by atoms with Gasteiger partial charge in [0.25, 0.3) is 0 Å². The highest BCUT2D eigenvalue weighted by Gasteiger charge is 2.43. The normalized spacial score (nSPS) is 40.4. The summed E-state index contributed by atoms with van der Waals surface area (Å²) in [7, 11) is 0. The number of nitrogens with two attached hydrogens (primary N) is 1. The van der Waals surface area contributed by atoms with Crippen LogP contribution in [0.15, 0.2) is 0 Å². The van der Waals surface area contributed by atoms with Crippen molar-refractivity contribution in [1.82, 2.24) is 0 Å². The van der Waals surface area contributed by atoms with Gasteiger partial charge in [-0.3, -0.25) is 4.79 Å². The zero-order chi connectivity index (χ0) is 11.2. The average molecular weight is 221 g/mol. The number of fused-ring (bicyclic) bond motifs is 2. The van der Waals surface area contributed by atoms with Gasteiger partial charge in [-0.25, -0.2) is 0 Å². The highest BCUT2D eigenvalue weighted by Crippen LogP contribution is 2.50. The van der Waals surface area contributed by atoms with E-state index in [4.69, 9.17) is 5.73 Å². The van der Waals surface area contributed by atoms with Crippen LogP contribution >= 0.6 is 0 Å². The van der Waals surface area contributed by atoms with E-state index in [1.807, 2.05) is 0 Å². The number of carbonyl (C=O) groups excluding carboxylic acids is 1. The maximum absolute atomic E-state index is 12.3. The van der Waals surface area contributed by atoms with E-state index in [1.165, 1.54) is 25.7 Å².